The summed E-state index contributed by atoms with van der Waals surface area (Å²) in [6.07, 6.45) is 3.41. The smallest absolute Gasteiger partial charge is 0.313 e. The fourth-order valence-corrected chi connectivity index (χ4v) is 3.18. The highest BCUT2D eigenvalue weighted by Crippen LogP contribution is 2.29. The fourth-order valence-electron chi connectivity index (χ4n) is 3.18. The third-order valence-corrected chi connectivity index (χ3v) is 4.51. The predicted octanol–water partition coefficient (Wildman–Crippen LogP) is 2.06. The van der Waals surface area contributed by atoms with E-state index < -0.39 is 11.4 Å². The van der Waals surface area contributed by atoms with E-state index in [1.54, 1.807) is 4.68 Å². The SMILES string of the molecule is Cn1cc(CNCC2(C(=O)O)CCCOC2)c(-c2ccccc2)n1. The van der Waals surface area contributed by atoms with Gasteiger partial charge in [-0.1, -0.05) is 30.3 Å². The molecular weight excluding hydrogens is 306 g/mol. The van der Waals surface area contributed by atoms with E-state index in [9.17, 15) is 9.90 Å². The van der Waals surface area contributed by atoms with E-state index in [0.717, 1.165) is 23.2 Å². The van der Waals surface area contributed by atoms with Gasteiger partial charge in [0.05, 0.1) is 12.3 Å². The molecule has 24 heavy (non-hydrogen) atoms. The van der Waals surface area contributed by atoms with E-state index in [0.29, 0.717) is 26.1 Å². The van der Waals surface area contributed by atoms with E-state index in [-0.39, 0.29) is 6.61 Å². The molecule has 1 aliphatic heterocycles. The molecule has 2 aromatic rings. The molecule has 3 rings (SSSR count). The number of carbonyl (C=O) groups is 1. The number of carboxylic acid groups (broad SMARTS) is 1. The van der Waals surface area contributed by atoms with Crippen LogP contribution >= 0.6 is 0 Å². The summed E-state index contributed by atoms with van der Waals surface area (Å²) in [4.78, 5) is 11.7. The van der Waals surface area contributed by atoms with Gasteiger partial charge >= 0.3 is 5.97 Å². The minimum atomic E-state index is -0.826. The Kier molecular flexibility index (Phi) is 4.97. The summed E-state index contributed by atoms with van der Waals surface area (Å²) < 4.78 is 7.20. The maximum Gasteiger partial charge on any atom is 0.313 e. The number of aromatic nitrogens is 2. The fraction of sp³-hybridized carbons (Fsp3) is 0.444. The Balaban J connectivity index is 1.70. The number of aliphatic carboxylic acids is 1. The van der Waals surface area contributed by atoms with Crippen LogP contribution in [0.2, 0.25) is 0 Å². The van der Waals surface area contributed by atoms with Gasteiger partial charge < -0.3 is 15.2 Å². The summed E-state index contributed by atoms with van der Waals surface area (Å²) in [5, 5.41) is 17.4. The Labute approximate surface area is 141 Å². The predicted molar refractivity (Wildman–Crippen MR) is 90.5 cm³/mol. The molecule has 128 valence electrons. The van der Waals surface area contributed by atoms with Crippen molar-refractivity contribution in [2.24, 2.45) is 12.5 Å². The molecule has 0 bridgehead atoms. The molecule has 0 saturated carbocycles. The van der Waals surface area contributed by atoms with Gasteiger partial charge in [0.1, 0.15) is 5.41 Å². The van der Waals surface area contributed by atoms with E-state index in [1.807, 2.05) is 43.6 Å². The Bertz CT molecular complexity index is 691. The standard InChI is InChI=1S/C18H23N3O3/c1-21-11-15(16(20-21)14-6-3-2-4-7-14)10-19-12-18(17(22)23)8-5-9-24-13-18/h2-4,6-7,11,19H,5,8-10,12-13H2,1H3,(H,22,23). The van der Waals surface area contributed by atoms with Crippen LogP contribution in [0.1, 0.15) is 18.4 Å². The highest BCUT2D eigenvalue weighted by molar-refractivity contribution is 5.75. The molecule has 1 atom stereocenters. The monoisotopic (exact) mass is 329 g/mol. The first-order valence-electron chi connectivity index (χ1n) is 8.20. The molecule has 1 fully saturated rings. The maximum absolute atomic E-state index is 11.7. The van der Waals surface area contributed by atoms with Crippen LogP contribution in [0.5, 0.6) is 0 Å². The lowest BCUT2D eigenvalue weighted by molar-refractivity contribution is -0.156. The zero-order valence-corrected chi connectivity index (χ0v) is 13.9. The minimum absolute atomic E-state index is 0.272. The van der Waals surface area contributed by atoms with Crippen LogP contribution in [0.15, 0.2) is 36.5 Å². The Morgan fingerprint density at radius 3 is 2.88 bits per heavy atom. The summed E-state index contributed by atoms with van der Waals surface area (Å²) in [5.74, 6) is -0.788. The first-order chi connectivity index (χ1) is 11.6. The molecule has 6 heteroatoms. The van der Waals surface area contributed by atoms with Crippen LogP contribution < -0.4 is 5.32 Å². The molecule has 1 aromatic heterocycles. The van der Waals surface area contributed by atoms with E-state index in [4.69, 9.17) is 4.74 Å². The van der Waals surface area contributed by atoms with E-state index >= 15 is 0 Å². The lowest BCUT2D eigenvalue weighted by Crippen LogP contribution is -2.46. The largest absolute Gasteiger partial charge is 0.481 e. The van der Waals surface area contributed by atoms with E-state index in [1.165, 1.54) is 0 Å². The van der Waals surface area contributed by atoms with Gasteiger partial charge in [-0.2, -0.15) is 5.10 Å². The maximum atomic E-state index is 11.7. The third kappa shape index (κ3) is 3.49. The van der Waals surface area contributed by atoms with Crippen molar-refractivity contribution in [3.8, 4) is 11.3 Å². The van der Waals surface area contributed by atoms with Crippen LogP contribution in [0.25, 0.3) is 11.3 Å². The molecule has 1 saturated heterocycles. The van der Waals surface area contributed by atoms with Crippen molar-refractivity contribution in [2.75, 3.05) is 19.8 Å². The van der Waals surface area contributed by atoms with Gasteiger partial charge in [-0.3, -0.25) is 9.48 Å². The zero-order chi connectivity index (χ0) is 17.0. The second kappa shape index (κ2) is 7.15. The van der Waals surface area contributed by atoms with Crippen molar-refractivity contribution < 1.29 is 14.6 Å². The van der Waals surface area contributed by atoms with E-state index in [2.05, 4.69) is 10.4 Å². The second-order valence-corrected chi connectivity index (χ2v) is 6.39. The highest BCUT2D eigenvalue weighted by Gasteiger charge is 2.40. The van der Waals surface area contributed by atoms with Crippen molar-refractivity contribution in [2.45, 2.75) is 19.4 Å². The Hall–Kier alpha value is -2.18. The zero-order valence-electron chi connectivity index (χ0n) is 13.9. The van der Waals surface area contributed by atoms with Crippen molar-refractivity contribution in [3.05, 3.63) is 42.1 Å². The van der Waals surface area contributed by atoms with Gasteiger partial charge in [-0.25, -0.2) is 0 Å². The lowest BCUT2D eigenvalue weighted by Gasteiger charge is -2.33. The third-order valence-electron chi connectivity index (χ3n) is 4.51. The number of aryl methyl sites for hydroxylation is 1. The average molecular weight is 329 g/mol. The molecule has 1 unspecified atom stereocenters. The number of rotatable bonds is 6. The molecule has 0 radical (unpaired) electrons. The molecule has 0 spiro atoms. The van der Waals surface area contributed by atoms with Crippen LogP contribution in [0.3, 0.4) is 0 Å². The molecule has 1 aromatic carbocycles. The summed E-state index contributed by atoms with van der Waals surface area (Å²) in [6, 6.07) is 10.0. The first kappa shape index (κ1) is 16.7. The number of ether oxygens (including phenoxy) is 1. The van der Waals surface area contributed by atoms with Crippen LogP contribution in [0.4, 0.5) is 0 Å². The van der Waals surface area contributed by atoms with Crippen LogP contribution in [-0.2, 0) is 23.1 Å². The number of nitrogens with zero attached hydrogens (tertiary/aromatic N) is 2. The molecule has 6 nitrogen and oxygen atoms in total. The number of benzene rings is 1. The van der Waals surface area contributed by atoms with Crippen molar-refractivity contribution in [1.29, 1.82) is 0 Å². The highest BCUT2D eigenvalue weighted by atomic mass is 16.5. The summed E-state index contributed by atoms with van der Waals surface area (Å²) in [7, 11) is 1.89. The second-order valence-electron chi connectivity index (χ2n) is 6.39. The van der Waals surface area contributed by atoms with Crippen molar-refractivity contribution in [1.82, 2.24) is 15.1 Å². The van der Waals surface area contributed by atoms with Gasteiger partial charge in [0.2, 0.25) is 0 Å². The molecule has 0 amide bonds. The Morgan fingerprint density at radius 1 is 1.42 bits per heavy atom. The van der Waals surface area contributed by atoms with Gasteiger partial charge in [-0.15, -0.1) is 0 Å². The van der Waals surface area contributed by atoms with Crippen LogP contribution in [0, 0.1) is 5.41 Å². The lowest BCUT2D eigenvalue weighted by atomic mass is 9.82. The van der Waals surface area contributed by atoms with Crippen molar-refractivity contribution in [3.63, 3.8) is 0 Å². The average Bonchev–Trinajstić information content (AvgIpc) is 2.97. The molecule has 2 heterocycles. The Morgan fingerprint density at radius 2 is 2.21 bits per heavy atom. The summed E-state index contributed by atoms with van der Waals surface area (Å²) >= 11 is 0. The van der Waals surface area contributed by atoms with Gasteiger partial charge in [-0.05, 0) is 12.8 Å². The number of nitrogens with one attached hydrogen (secondary N) is 1. The van der Waals surface area contributed by atoms with Gasteiger partial charge in [0, 0.05) is 44.1 Å². The topological polar surface area (TPSA) is 76.4 Å². The number of carboxylic acids is 1. The normalized spacial score (nSPS) is 20.9. The quantitative estimate of drug-likeness (QED) is 0.848. The number of hydrogen-bond acceptors (Lipinski definition) is 4. The first-order valence-corrected chi connectivity index (χ1v) is 8.20. The molecular formula is C18H23N3O3. The summed E-state index contributed by atoms with van der Waals surface area (Å²) in [5.41, 5.74) is 2.22. The molecule has 1 aliphatic rings. The van der Waals surface area contributed by atoms with Gasteiger partial charge in [0.25, 0.3) is 0 Å². The van der Waals surface area contributed by atoms with Crippen molar-refractivity contribution >= 4 is 5.97 Å². The van der Waals surface area contributed by atoms with Gasteiger partial charge in [0.15, 0.2) is 0 Å². The molecule has 0 aliphatic carbocycles. The molecule has 2 N–H and O–H groups in total. The summed E-state index contributed by atoms with van der Waals surface area (Å²) in [6.45, 7) is 1.89. The van der Waals surface area contributed by atoms with Crippen LogP contribution in [-0.4, -0.2) is 40.6 Å². The minimum Gasteiger partial charge on any atom is -0.481 e. The number of hydrogen-bond donors (Lipinski definition) is 2.